The van der Waals surface area contributed by atoms with Crippen molar-refractivity contribution in [3.05, 3.63) is 12.3 Å². The van der Waals surface area contributed by atoms with Crippen LogP contribution in [0, 0.1) is 0 Å². The van der Waals surface area contributed by atoms with E-state index in [9.17, 15) is 8.78 Å². The summed E-state index contributed by atoms with van der Waals surface area (Å²) in [6, 6.07) is 1.31. The summed E-state index contributed by atoms with van der Waals surface area (Å²) in [4.78, 5) is 0. The quantitative estimate of drug-likeness (QED) is 0.847. The molecule has 0 aromatic carbocycles. The monoisotopic (exact) mass is 284 g/mol. The molecule has 0 unspecified atom stereocenters. The van der Waals surface area contributed by atoms with Crippen LogP contribution in [0.5, 0.6) is 5.88 Å². The first-order valence-corrected chi connectivity index (χ1v) is 6.01. The Morgan fingerprint density at radius 2 is 1.93 bits per heavy atom. The first-order chi connectivity index (χ1) is 6.29. The van der Waals surface area contributed by atoms with E-state index in [2.05, 4.69) is 36.3 Å². The van der Waals surface area contributed by atoms with Gasteiger partial charge in [-0.25, -0.2) is 5.10 Å². The highest BCUT2D eigenvalue weighted by Gasteiger charge is 2.02. The zero-order valence-electron chi connectivity index (χ0n) is 6.32. The van der Waals surface area contributed by atoms with Crippen molar-refractivity contribution in [1.82, 2.24) is 10.2 Å². The van der Waals surface area contributed by atoms with Crippen LogP contribution in [0.1, 0.15) is 7.43 Å². The molecule has 0 saturated heterocycles. The average Bonchev–Trinajstić information content (AvgIpc) is 2.33. The van der Waals surface area contributed by atoms with Crippen molar-refractivity contribution >= 4 is 29.6 Å². The second kappa shape index (κ2) is 7.66. The van der Waals surface area contributed by atoms with Crippen LogP contribution in [0.4, 0.5) is 8.78 Å². The predicted molar refractivity (Wildman–Crippen MR) is 52.6 cm³/mol. The van der Waals surface area contributed by atoms with Gasteiger partial charge in [0, 0.05) is 27.4 Å². The summed E-state index contributed by atoms with van der Waals surface area (Å²) < 4.78 is 44.9. The Bertz CT molecular complexity index is 335. The van der Waals surface area contributed by atoms with Crippen LogP contribution in [-0.4, -0.2) is 25.2 Å². The Morgan fingerprint density at radius 3 is 2.20 bits per heavy atom. The highest BCUT2D eigenvalue weighted by molar-refractivity contribution is 8.31. The van der Waals surface area contributed by atoms with Crippen LogP contribution in [-0.2, 0) is 8.26 Å². The maximum atomic E-state index is 11.3. The van der Waals surface area contributed by atoms with Crippen molar-refractivity contribution in [2.24, 2.45) is 0 Å². The Balaban J connectivity index is 0. The van der Waals surface area contributed by atoms with E-state index < -0.39 is 14.9 Å². The lowest BCUT2D eigenvalue weighted by molar-refractivity contribution is -0.0528. The summed E-state index contributed by atoms with van der Waals surface area (Å²) in [5.74, 6) is -0.0231. The molecular weight excluding hydrogens is 277 g/mol. The molecule has 0 saturated carbocycles. The molecule has 1 aromatic heterocycles. The standard InChI is InChI=1S/C4H4F2N2O.CH4.Cl2O2S/c5-4(6)9-3-1-2-7-8-3;;1-5(2,3)4/h1-2,4H,(H,7,8);1H4;. The normalized spacial score (nSPS) is 9.93. The number of nitrogens with zero attached hydrogens (tertiary/aromatic N) is 1. The van der Waals surface area contributed by atoms with Crippen molar-refractivity contribution in [2.45, 2.75) is 14.0 Å². The van der Waals surface area contributed by atoms with E-state index in [0.29, 0.717) is 0 Å². The SMILES string of the molecule is C.FC(F)Oc1ccn[nH]1.O=S(=O)(Cl)Cl. The molecule has 90 valence electrons. The summed E-state index contributed by atoms with van der Waals surface area (Å²) in [7, 11) is 4.81. The number of aromatic amines is 1. The second-order valence-electron chi connectivity index (χ2n) is 1.68. The summed E-state index contributed by atoms with van der Waals surface area (Å²) in [6.07, 6.45) is 1.33. The van der Waals surface area contributed by atoms with Gasteiger partial charge in [0.05, 0.1) is 6.20 Å². The number of ether oxygens (including phenoxy) is 1. The molecule has 0 aliphatic rings. The molecule has 1 aromatic rings. The van der Waals surface area contributed by atoms with Gasteiger partial charge in [-0.2, -0.15) is 22.3 Å². The Morgan fingerprint density at radius 1 is 1.47 bits per heavy atom. The lowest BCUT2D eigenvalue weighted by Gasteiger charge is -1.97. The summed E-state index contributed by atoms with van der Waals surface area (Å²) in [5.41, 5.74) is 0. The minimum Gasteiger partial charge on any atom is -0.417 e. The molecule has 0 fully saturated rings. The van der Waals surface area contributed by atoms with Gasteiger partial charge in [0.1, 0.15) is 0 Å². The molecule has 10 heteroatoms. The number of rotatable bonds is 2. The van der Waals surface area contributed by atoms with E-state index >= 15 is 0 Å². The van der Waals surface area contributed by atoms with Gasteiger partial charge in [-0.05, 0) is 0 Å². The molecule has 1 rings (SSSR count). The minimum atomic E-state index is -3.72. The average molecular weight is 285 g/mol. The number of halogens is 4. The summed E-state index contributed by atoms with van der Waals surface area (Å²) in [5, 5.41) is 5.61. The molecular formula is C5H8Cl2F2N2O3S. The molecule has 0 aliphatic carbocycles. The third kappa shape index (κ3) is 16.1. The number of aromatic nitrogens is 2. The Labute approximate surface area is 94.3 Å². The van der Waals surface area contributed by atoms with Crippen molar-refractivity contribution < 1.29 is 21.9 Å². The molecule has 0 spiro atoms. The Kier molecular flexibility index (Phi) is 8.59. The first kappa shape index (κ1) is 16.8. The second-order valence-corrected chi connectivity index (χ2v) is 5.35. The van der Waals surface area contributed by atoms with Gasteiger partial charge in [-0.15, -0.1) is 0 Å². The molecule has 1 heterocycles. The van der Waals surface area contributed by atoms with E-state index in [0.717, 1.165) is 0 Å². The van der Waals surface area contributed by atoms with E-state index in [-0.39, 0.29) is 13.3 Å². The third-order valence-corrected chi connectivity index (χ3v) is 0.691. The topological polar surface area (TPSA) is 72.0 Å². The molecule has 0 radical (unpaired) electrons. The minimum absolute atomic E-state index is 0. The fourth-order valence-electron chi connectivity index (χ4n) is 0.405. The predicted octanol–water partition coefficient (Wildman–Crippen LogP) is 2.36. The zero-order valence-corrected chi connectivity index (χ0v) is 8.65. The molecule has 0 aliphatic heterocycles. The molecule has 15 heavy (non-hydrogen) atoms. The number of hydrogen-bond acceptors (Lipinski definition) is 4. The van der Waals surface area contributed by atoms with Crippen molar-refractivity contribution in [3.63, 3.8) is 0 Å². The third-order valence-electron chi connectivity index (χ3n) is 0.691. The van der Waals surface area contributed by atoms with Gasteiger partial charge >= 0.3 is 14.9 Å². The number of alkyl halides is 2. The highest BCUT2D eigenvalue weighted by atomic mass is 36.0. The Hall–Kier alpha value is -0.600. The van der Waals surface area contributed by atoms with Gasteiger partial charge in [0.25, 0.3) is 0 Å². The molecule has 0 atom stereocenters. The number of H-pyrrole nitrogens is 1. The fraction of sp³-hybridized carbons (Fsp3) is 0.400. The molecule has 0 amide bonds. The molecule has 1 N–H and O–H groups in total. The van der Waals surface area contributed by atoms with E-state index in [4.69, 9.17) is 8.42 Å². The van der Waals surface area contributed by atoms with Gasteiger partial charge in [-0.3, -0.25) is 0 Å². The van der Waals surface area contributed by atoms with Gasteiger partial charge < -0.3 is 4.74 Å². The summed E-state index contributed by atoms with van der Waals surface area (Å²) >= 11 is 0. The van der Waals surface area contributed by atoms with Crippen molar-refractivity contribution in [1.29, 1.82) is 0 Å². The van der Waals surface area contributed by atoms with E-state index in [1.54, 1.807) is 0 Å². The van der Waals surface area contributed by atoms with Gasteiger partial charge in [0.15, 0.2) is 0 Å². The van der Waals surface area contributed by atoms with Crippen LogP contribution < -0.4 is 4.74 Å². The lowest BCUT2D eigenvalue weighted by atomic mass is 10.7. The van der Waals surface area contributed by atoms with Crippen molar-refractivity contribution in [2.75, 3.05) is 0 Å². The van der Waals surface area contributed by atoms with Crippen LogP contribution in [0.2, 0.25) is 0 Å². The lowest BCUT2D eigenvalue weighted by Crippen LogP contribution is -2.01. The maximum absolute atomic E-state index is 11.3. The van der Waals surface area contributed by atoms with Gasteiger partial charge in [0.2, 0.25) is 5.88 Å². The van der Waals surface area contributed by atoms with Gasteiger partial charge in [-0.1, -0.05) is 7.43 Å². The van der Waals surface area contributed by atoms with Crippen LogP contribution in [0.15, 0.2) is 12.3 Å². The van der Waals surface area contributed by atoms with E-state index in [1.807, 2.05) is 0 Å². The zero-order chi connectivity index (χ0) is 11.2. The maximum Gasteiger partial charge on any atom is 0.388 e. The molecule has 5 nitrogen and oxygen atoms in total. The van der Waals surface area contributed by atoms with E-state index in [1.165, 1.54) is 12.3 Å². The fourth-order valence-corrected chi connectivity index (χ4v) is 0.405. The summed E-state index contributed by atoms with van der Waals surface area (Å²) in [6.45, 7) is -2.79. The van der Waals surface area contributed by atoms with Crippen LogP contribution in [0.25, 0.3) is 0 Å². The number of hydrogen-bond donors (Lipinski definition) is 1. The van der Waals surface area contributed by atoms with Crippen LogP contribution >= 0.6 is 21.4 Å². The first-order valence-electron chi connectivity index (χ1n) is 2.87. The smallest absolute Gasteiger partial charge is 0.388 e. The van der Waals surface area contributed by atoms with Crippen molar-refractivity contribution in [3.8, 4) is 5.88 Å². The molecule has 0 bridgehead atoms. The number of nitrogens with one attached hydrogen (secondary N) is 1. The largest absolute Gasteiger partial charge is 0.417 e. The highest BCUT2D eigenvalue weighted by Crippen LogP contribution is 2.06. The van der Waals surface area contributed by atoms with Crippen LogP contribution in [0.3, 0.4) is 0 Å².